The number of carbonyl (C=O) groups excluding carboxylic acids is 2. The van der Waals surface area contributed by atoms with Gasteiger partial charge in [0.1, 0.15) is 5.69 Å². The Morgan fingerprint density at radius 3 is 2.53 bits per heavy atom. The van der Waals surface area contributed by atoms with E-state index in [0.717, 1.165) is 21.3 Å². The summed E-state index contributed by atoms with van der Waals surface area (Å²) in [5, 5.41) is 9.45. The van der Waals surface area contributed by atoms with Crippen LogP contribution < -0.4 is 16.0 Å². The lowest BCUT2D eigenvalue weighted by Crippen LogP contribution is -2.20. The number of carbonyl (C=O) groups is 2. The van der Waals surface area contributed by atoms with Crippen molar-refractivity contribution in [2.24, 2.45) is 0 Å². The van der Waals surface area contributed by atoms with Crippen molar-refractivity contribution < 1.29 is 9.59 Å². The zero-order chi connectivity index (χ0) is 21.1. The number of nitrogens with zero attached hydrogens (tertiary/aromatic N) is 2. The summed E-state index contributed by atoms with van der Waals surface area (Å²) in [7, 11) is 1.54. The second-order valence-corrected chi connectivity index (χ2v) is 7.43. The fourth-order valence-corrected chi connectivity index (χ4v) is 3.77. The van der Waals surface area contributed by atoms with E-state index in [9.17, 15) is 9.59 Å². The summed E-state index contributed by atoms with van der Waals surface area (Å²) in [5.74, 6) is -0.222. The number of para-hydroxylation sites is 1. The molecule has 2 aromatic heterocycles. The SMILES string of the molecule is CNC(=O)c1cnc(Nc2ccccc2C)c(NC(=O)c2nsc3ccccc23)c1. The van der Waals surface area contributed by atoms with E-state index in [1.807, 2.05) is 55.5 Å². The Labute approximate surface area is 177 Å². The van der Waals surface area contributed by atoms with Crippen LogP contribution in [-0.2, 0) is 0 Å². The van der Waals surface area contributed by atoms with Crippen molar-refractivity contribution in [1.29, 1.82) is 0 Å². The molecule has 4 rings (SSSR count). The molecule has 8 heteroatoms. The summed E-state index contributed by atoms with van der Waals surface area (Å²) < 4.78 is 5.23. The molecule has 0 aliphatic rings. The Kier molecular flexibility index (Phi) is 5.40. The zero-order valence-corrected chi connectivity index (χ0v) is 17.2. The highest BCUT2D eigenvalue weighted by molar-refractivity contribution is 7.13. The van der Waals surface area contributed by atoms with E-state index in [1.165, 1.54) is 17.7 Å². The largest absolute Gasteiger partial charge is 0.355 e. The summed E-state index contributed by atoms with van der Waals surface area (Å²) in [6.45, 7) is 1.97. The van der Waals surface area contributed by atoms with E-state index in [0.29, 0.717) is 22.8 Å². The molecule has 0 saturated carbocycles. The van der Waals surface area contributed by atoms with Crippen molar-refractivity contribution in [3.05, 3.63) is 77.6 Å². The number of hydrogen-bond donors (Lipinski definition) is 3. The van der Waals surface area contributed by atoms with Gasteiger partial charge in [0.15, 0.2) is 5.82 Å². The summed E-state index contributed by atoms with van der Waals surface area (Å²) in [6, 6.07) is 16.9. The molecular formula is C22H19N5O2S. The second-order valence-electron chi connectivity index (χ2n) is 6.62. The first-order valence-corrected chi connectivity index (χ1v) is 10.0. The maximum atomic E-state index is 13.0. The van der Waals surface area contributed by atoms with Crippen LogP contribution in [0.5, 0.6) is 0 Å². The van der Waals surface area contributed by atoms with Crippen LogP contribution in [0.25, 0.3) is 10.1 Å². The van der Waals surface area contributed by atoms with Gasteiger partial charge in [-0.2, -0.15) is 4.37 Å². The smallest absolute Gasteiger partial charge is 0.276 e. The van der Waals surface area contributed by atoms with Crippen LogP contribution >= 0.6 is 11.5 Å². The number of amides is 2. The third kappa shape index (κ3) is 3.85. The molecule has 3 N–H and O–H groups in total. The van der Waals surface area contributed by atoms with Crippen LogP contribution in [0, 0.1) is 6.92 Å². The average molecular weight is 417 g/mol. The van der Waals surface area contributed by atoms with Crippen LogP contribution in [0.4, 0.5) is 17.2 Å². The monoisotopic (exact) mass is 417 g/mol. The van der Waals surface area contributed by atoms with E-state index in [-0.39, 0.29) is 11.8 Å². The number of aryl methyl sites for hydroxylation is 1. The van der Waals surface area contributed by atoms with E-state index in [1.54, 1.807) is 13.1 Å². The molecule has 0 aliphatic carbocycles. The van der Waals surface area contributed by atoms with Gasteiger partial charge in [0.25, 0.3) is 11.8 Å². The number of rotatable bonds is 5. The number of aromatic nitrogens is 2. The quantitative estimate of drug-likeness (QED) is 0.448. The second kappa shape index (κ2) is 8.30. The lowest BCUT2D eigenvalue weighted by molar-refractivity contribution is 0.0961. The molecule has 0 radical (unpaired) electrons. The standard InChI is InChI=1S/C22H19N5O2S/c1-13-7-3-5-9-16(13)25-20-17(11-14(12-24-20)21(28)23-2)26-22(29)19-15-8-4-6-10-18(15)30-27-19/h3-12H,1-2H3,(H,23,28)(H,24,25)(H,26,29). The number of anilines is 3. The van der Waals surface area contributed by atoms with Gasteiger partial charge in [0, 0.05) is 24.3 Å². The third-order valence-corrected chi connectivity index (χ3v) is 5.44. The van der Waals surface area contributed by atoms with Crippen LogP contribution in [0.2, 0.25) is 0 Å². The Balaban J connectivity index is 1.71. The minimum absolute atomic E-state index is 0.292. The molecule has 0 aliphatic heterocycles. The highest BCUT2D eigenvalue weighted by Crippen LogP contribution is 2.28. The number of benzene rings is 2. The summed E-state index contributed by atoms with van der Waals surface area (Å²) in [4.78, 5) is 29.4. The number of pyridine rings is 1. The average Bonchev–Trinajstić information content (AvgIpc) is 3.20. The van der Waals surface area contributed by atoms with Gasteiger partial charge in [-0.1, -0.05) is 36.4 Å². The van der Waals surface area contributed by atoms with Crippen molar-refractivity contribution >= 4 is 50.6 Å². The Morgan fingerprint density at radius 2 is 1.73 bits per heavy atom. The van der Waals surface area contributed by atoms with Crippen molar-refractivity contribution in [3.63, 3.8) is 0 Å². The van der Waals surface area contributed by atoms with Crippen molar-refractivity contribution in [3.8, 4) is 0 Å². The van der Waals surface area contributed by atoms with Crippen molar-refractivity contribution in [2.75, 3.05) is 17.7 Å². The van der Waals surface area contributed by atoms with Crippen molar-refractivity contribution in [1.82, 2.24) is 14.7 Å². The van der Waals surface area contributed by atoms with Gasteiger partial charge >= 0.3 is 0 Å². The zero-order valence-electron chi connectivity index (χ0n) is 16.4. The minimum atomic E-state index is -0.365. The van der Waals surface area contributed by atoms with E-state index in [4.69, 9.17) is 0 Å². The topological polar surface area (TPSA) is 96.0 Å². The molecule has 0 fully saturated rings. The Bertz CT molecular complexity index is 1250. The van der Waals surface area contributed by atoms with Gasteiger partial charge in [-0.25, -0.2) is 4.98 Å². The molecule has 7 nitrogen and oxygen atoms in total. The molecule has 2 aromatic carbocycles. The van der Waals surface area contributed by atoms with E-state index >= 15 is 0 Å². The maximum Gasteiger partial charge on any atom is 0.276 e. The number of nitrogens with one attached hydrogen (secondary N) is 3. The maximum absolute atomic E-state index is 13.0. The van der Waals surface area contributed by atoms with Gasteiger partial charge < -0.3 is 16.0 Å². The molecule has 4 aromatic rings. The third-order valence-electron chi connectivity index (χ3n) is 4.62. The first kappa shape index (κ1) is 19.5. The van der Waals surface area contributed by atoms with Crippen LogP contribution in [0.1, 0.15) is 26.4 Å². The predicted octanol–water partition coefficient (Wildman–Crippen LogP) is 4.36. The van der Waals surface area contributed by atoms with Crippen LogP contribution in [0.15, 0.2) is 60.8 Å². The Hall–Kier alpha value is -3.78. The normalized spacial score (nSPS) is 10.6. The number of fused-ring (bicyclic) bond motifs is 1. The van der Waals surface area contributed by atoms with Gasteiger partial charge in [0.2, 0.25) is 0 Å². The minimum Gasteiger partial charge on any atom is -0.355 e. The first-order valence-electron chi connectivity index (χ1n) is 9.27. The molecular weight excluding hydrogens is 398 g/mol. The molecule has 0 unspecified atom stereocenters. The molecule has 0 saturated heterocycles. The lowest BCUT2D eigenvalue weighted by Gasteiger charge is -2.14. The lowest BCUT2D eigenvalue weighted by atomic mass is 10.2. The molecule has 0 bridgehead atoms. The molecule has 30 heavy (non-hydrogen) atoms. The number of hydrogen-bond acceptors (Lipinski definition) is 6. The van der Waals surface area contributed by atoms with Gasteiger partial charge in [-0.05, 0) is 42.2 Å². The van der Waals surface area contributed by atoms with Crippen molar-refractivity contribution in [2.45, 2.75) is 6.92 Å². The highest BCUT2D eigenvalue weighted by atomic mass is 32.1. The van der Waals surface area contributed by atoms with Crippen LogP contribution in [0.3, 0.4) is 0 Å². The summed E-state index contributed by atoms with van der Waals surface area (Å²) in [6.07, 6.45) is 1.47. The first-order chi connectivity index (χ1) is 14.6. The van der Waals surface area contributed by atoms with E-state index in [2.05, 4.69) is 25.3 Å². The van der Waals surface area contributed by atoms with E-state index < -0.39 is 0 Å². The Morgan fingerprint density at radius 1 is 0.967 bits per heavy atom. The summed E-state index contributed by atoms with van der Waals surface area (Å²) >= 11 is 1.27. The fourth-order valence-electron chi connectivity index (χ4n) is 3.00. The molecule has 2 heterocycles. The van der Waals surface area contributed by atoms with Gasteiger partial charge in [-0.15, -0.1) is 0 Å². The molecule has 150 valence electrons. The summed E-state index contributed by atoms with van der Waals surface area (Å²) in [5.41, 5.74) is 2.94. The molecule has 0 atom stereocenters. The molecule has 2 amide bonds. The fraction of sp³-hybridized carbons (Fsp3) is 0.0909. The van der Waals surface area contributed by atoms with Gasteiger partial charge in [0.05, 0.1) is 16.0 Å². The van der Waals surface area contributed by atoms with Gasteiger partial charge in [-0.3, -0.25) is 9.59 Å². The van der Waals surface area contributed by atoms with Crippen LogP contribution in [-0.4, -0.2) is 28.2 Å². The molecule has 0 spiro atoms. The predicted molar refractivity (Wildman–Crippen MR) is 120 cm³/mol. The highest BCUT2D eigenvalue weighted by Gasteiger charge is 2.18.